The van der Waals surface area contributed by atoms with Crippen LogP contribution in [0, 0.1) is 11.3 Å². The lowest BCUT2D eigenvalue weighted by Crippen LogP contribution is -2.62. The molecule has 4 nitrogen and oxygen atoms in total. The fourth-order valence-corrected chi connectivity index (χ4v) is 4.72. The number of nitrogens with zero attached hydrogens (tertiary/aromatic N) is 3. The van der Waals surface area contributed by atoms with E-state index >= 15 is 0 Å². The molecular formula is C26H23N3O. The van der Waals surface area contributed by atoms with Crippen LogP contribution in [-0.4, -0.2) is 41.4 Å². The fourth-order valence-electron chi connectivity index (χ4n) is 4.72. The standard InChI is InChI=1S/C26H23N3O/c27-16-19-7-6-11-22(15-19)26(30)28-17-23(18-28)29-14-13-20-8-4-5-12-24(20)25(29)21-9-2-1-3-10-21/h1-12,15,23,25H,13-14,17-18H2. The van der Waals surface area contributed by atoms with Crippen molar-refractivity contribution >= 4 is 5.91 Å². The number of rotatable bonds is 3. The van der Waals surface area contributed by atoms with Crippen LogP contribution in [0.15, 0.2) is 78.9 Å². The number of likely N-dealkylation sites (tertiary alicyclic amines) is 1. The van der Waals surface area contributed by atoms with Gasteiger partial charge in [-0.3, -0.25) is 9.69 Å². The summed E-state index contributed by atoms with van der Waals surface area (Å²) in [5, 5.41) is 9.10. The Kier molecular flexibility index (Phi) is 4.82. The fraction of sp³-hybridized carbons (Fsp3) is 0.231. The molecule has 1 unspecified atom stereocenters. The third kappa shape index (κ3) is 3.28. The van der Waals surface area contributed by atoms with Crippen LogP contribution in [0.1, 0.15) is 38.7 Å². The first kappa shape index (κ1) is 18.6. The van der Waals surface area contributed by atoms with E-state index in [9.17, 15) is 4.79 Å². The van der Waals surface area contributed by atoms with E-state index < -0.39 is 0 Å². The van der Waals surface area contributed by atoms with E-state index in [0.29, 0.717) is 17.2 Å². The molecule has 4 heteroatoms. The molecule has 0 aliphatic carbocycles. The topological polar surface area (TPSA) is 47.3 Å². The predicted octanol–water partition coefficient (Wildman–Crippen LogP) is 4.03. The number of hydrogen-bond donors (Lipinski definition) is 0. The highest BCUT2D eigenvalue weighted by atomic mass is 16.2. The van der Waals surface area contributed by atoms with Crippen molar-refractivity contribution in [2.45, 2.75) is 18.5 Å². The molecular weight excluding hydrogens is 370 g/mol. The van der Waals surface area contributed by atoms with Gasteiger partial charge >= 0.3 is 0 Å². The molecule has 0 N–H and O–H groups in total. The highest BCUT2D eigenvalue weighted by Crippen LogP contribution is 2.38. The third-order valence-electron chi connectivity index (χ3n) is 6.29. The molecule has 1 fully saturated rings. The van der Waals surface area contributed by atoms with Gasteiger partial charge in [-0.15, -0.1) is 0 Å². The molecule has 1 amide bonds. The maximum Gasteiger partial charge on any atom is 0.254 e. The van der Waals surface area contributed by atoms with Crippen LogP contribution in [0.3, 0.4) is 0 Å². The lowest BCUT2D eigenvalue weighted by Gasteiger charge is -2.50. The third-order valence-corrected chi connectivity index (χ3v) is 6.29. The van der Waals surface area contributed by atoms with Crippen molar-refractivity contribution < 1.29 is 4.79 Å². The minimum Gasteiger partial charge on any atom is -0.335 e. The van der Waals surface area contributed by atoms with Gasteiger partial charge in [0.1, 0.15) is 0 Å². The van der Waals surface area contributed by atoms with E-state index in [1.807, 2.05) is 4.90 Å². The first-order chi connectivity index (χ1) is 14.7. The van der Waals surface area contributed by atoms with E-state index in [0.717, 1.165) is 26.1 Å². The number of amides is 1. The van der Waals surface area contributed by atoms with Crippen LogP contribution in [0.5, 0.6) is 0 Å². The summed E-state index contributed by atoms with van der Waals surface area (Å²) in [5.74, 6) is 0.0111. The Bertz CT molecular complexity index is 1110. The number of hydrogen-bond acceptors (Lipinski definition) is 3. The highest BCUT2D eigenvalue weighted by Gasteiger charge is 2.40. The van der Waals surface area contributed by atoms with E-state index in [1.54, 1.807) is 24.3 Å². The molecule has 3 aromatic carbocycles. The Hall–Kier alpha value is -3.42. The van der Waals surface area contributed by atoms with E-state index in [2.05, 4.69) is 65.6 Å². The van der Waals surface area contributed by atoms with Gasteiger partial charge in [-0.25, -0.2) is 0 Å². The van der Waals surface area contributed by atoms with Gasteiger partial charge in [0.05, 0.1) is 17.7 Å². The zero-order chi connectivity index (χ0) is 20.5. The Labute approximate surface area is 177 Å². The molecule has 148 valence electrons. The molecule has 0 saturated carbocycles. The molecule has 0 radical (unpaired) electrons. The van der Waals surface area contributed by atoms with Gasteiger partial charge in [0.25, 0.3) is 5.91 Å². The quantitative estimate of drug-likeness (QED) is 0.675. The summed E-state index contributed by atoms with van der Waals surface area (Å²) in [6, 6.07) is 29.0. The lowest BCUT2D eigenvalue weighted by atomic mass is 9.86. The van der Waals surface area contributed by atoms with Crippen molar-refractivity contribution in [3.8, 4) is 6.07 Å². The molecule has 0 bridgehead atoms. The number of nitriles is 1. The average Bonchev–Trinajstić information content (AvgIpc) is 2.78. The molecule has 30 heavy (non-hydrogen) atoms. The first-order valence-electron chi connectivity index (χ1n) is 10.4. The van der Waals surface area contributed by atoms with Crippen molar-refractivity contribution in [3.63, 3.8) is 0 Å². The van der Waals surface area contributed by atoms with Gasteiger partial charge in [0, 0.05) is 31.2 Å². The summed E-state index contributed by atoms with van der Waals surface area (Å²) >= 11 is 0. The number of benzene rings is 3. The normalized spacial score (nSPS) is 18.9. The largest absolute Gasteiger partial charge is 0.335 e. The van der Waals surface area contributed by atoms with E-state index in [4.69, 9.17) is 5.26 Å². The summed E-state index contributed by atoms with van der Waals surface area (Å²) in [7, 11) is 0. The number of carbonyl (C=O) groups is 1. The molecule has 3 aromatic rings. The smallest absolute Gasteiger partial charge is 0.254 e. The Morgan fingerprint density at radius 2 is 1.70 bits per heavy atom. The molecule has 2 aliphatic heterocycles. The van der Waals surface area contributed by atoms with Gasteiger partial charge in [0.15, 0.2) is 0 Å². The van der Waals surface area contributed by atoms with Gasteiger partial charge in [-0.2, -0.15) is 5.26 Å². The second kappa shape index (κ2) is 7.78. The molecule has 0 spiro atoms. The van der Waals surface area contributed by atoms with E-state index in [-0.39, 0.29) is 11.9 Å². The maximum absolute atomic E-state index is 12.9. The van der Waals surface area contributed by atoms with Crippen molar-refractivity contribution in [2.75, 3.05) is 19.6 Å². The van der Waals surface area contributed by atoms with Gasteiger partial charge in [-0.05, 0) is 41.3 Å². The first-order valence-corrected chi connectivity index (χ1v) is 10.4. The van der Waals surface area contributed by atoms with Crippen molar-refractivity contribution in [1.82, 2.24) is 9.80 Å². The second-order valence-electron chi connectivity index (χ2n) is 8.06. The molecule has 1 saturated heterocycles. The van der Waals surface area contributed by atoms with Gasteiger partial charge in [-0.1, -0.05) is 60.7 Å². The highest BCUT2D eigenvalue weighted by molar-refractivity contribution is 5.95. The van der Waals surface area contributed by atoms with Crippen molar-refractivity contribution in [3.05, 3.63) is 107 Å². The van der Waals surface area contributed by atoms with E-state index in [1.165, 1.54) is 16.7 Å². The Morgan fingerprint density at radius 1 is 0.933 bits per heavy atom. The predicted molar refractivity (Wildman–Crippen MR) is 116 cm³/mol. The summed E-state index contributed by atoms with van der Waals surface area (Å²) in [5.41, 5.74) is 5.21. The summed E-state index contributed by atoms with van der Waals surface area (Å²) in [6.45, 7) is 2.44. The maximum atomic E-state index is 12.9. The monoisotopic (exact) mass is 393 g/mol. The SMILES string of the molecule is N#Cc1cccc(C(=O)N2CC(N3CCc4ccccc4C3c3ccccc3)C2)c1. The van der Waals surface area contributed by atoms with Crippen LogP contribution in [0.2, 0.25) is 0 Å². The molecule has 2 aliphatic rings. The second-order valence-corrected chi connectivity index (χ2v) is 8.06. The van der Waals surface area contributed by atoms with Crippen LogP contribution in [0.4, 0.5) is 0 Å². The molecule has 2 heterocycles. The van der Waals surface area contributed by atoms with Crippen LogP contribution in [0.25, 0.3) is 0 Å². The summed E-state index contributed by atoms with van der Waals surface area (Å²) in [6.07, 6.45) is 1.04. The summed E-state index contributed by atoms with van der Waals surface area (Å²) in [4.78, 5) is 17.3. The zero-order valence-electron chi connectivity index (χ0n) is 16.7. The zero-order valence-corrected chi connectivity index (χ0v) is 16.7. The minimum absolute atomic E-state index is 0.0111. The average molecular weight is 393 g/mol. The van der Waals surface area contributed by atoms with Gasteiger partial charge in [0.2, 0.25) is 0 Å². The van der Waals surface area contributed by atoms with Gasteiger partial charge < -0.3 is 4.90 Å². The van der Waals surface area contributed by atoms with Crippen LogP contribution < -0.4 is 0 Å². The molecule has 1 atom stereocenters. The number of carbonyl (C=O) groups excluding carboxylic acids is 1. The molecule has 5 rings (SSSR count). The summed E-state index contributed by atoms with van der Waals surface area (Å²) < 4.78 is 0. The number of fused-ring (bicyclic) bond motifs is 1. The van der Waals surface area contributed by atoms with Crippen LogP contribution in [-0.2, 0) is 6.42 Å². The van der Waals surface area contributed by atoms with Crippen molar-refractivity contribution in [2.24, 2.45) is 0 Å². The Morgan fingerprint density at radius 3 is 2.50 bits per heavy atom. The Balaban J connectivity index is 1.37. The van der Waals surface area contributed by atoms with Crippen molar-refractivity contribution in [1.29, 1.82) is 5.26 Å². The van der Waals surface area contributed by atoms with Crippen LogP contribution >= 0.6 is 0 Å². The lowest BCUT2D eigenvalue weighted by molar-refractivity contribution is 0.0133. The molecule has 0 aromatic heterocycles. The minimum atomic E-state index is 0.0111.